The predicted octanol–water partition coefficient (Wildman–Crippen LogP) is 3.62. The number of nitrogens with one attached hydrogen (secondary N) is 1. The van der Waals surface area contributed by atoms with Gasteiger partial charge in [0.15, 0.2) is 5.82 Å². The highest BCUT2D eigenvalue weighted by Gasteiger charge is 2.18. The van der Waals surface area contributed by atoms with Crippen LogP contribution in [0, 0.1) is 0 Å². The number of hydrogen-bond donors (Lipinski definition) is 1. The molecular formula is C18H19N5OS. The van der Waals surface area contributed by atoms with Crippen molar-refractivity contribution in [2.75, 3.05) is 12.4 Å². The Morgan fingerprint density at radius 2 is 2.28 bits per heavy atom. The van der Waals surface area contributed by atoms with E-state index in [1.807, 2.05) is 35.7 Å². The van der Waals surface area contributed by atoms with Crippen LogP contribution in [-0.2, 0) is 19.5 Å². The van der Waals surface area contributed by atoms with Gasteiger partial charge < -0.3 is 14.8 Å². The largest absolute Gasteiger partial charge is 0.323 e. The van der Waals surface area contributed by atoms with Gasteiger partial charge in [0.05, 0.1) is 0 Å². The Hall–Kier alpha value is -2.67. The van der Waals surface area contributed by atoms with Crippen LogP contribution in [0.15, 0.2) is 41.1 Å². The zero-order valence-corrected chi connectivity index (χ0v) is 14.8. The van der Waals surface area contributed by atoms with Crippen molar-refractivity contribution in [1.29, 1.82) is 0 Å². The molecule has 1 aliphatic heterocycles. The molecule has 7 heteroatoms. The van der Waals surface area contributed by atoms with Crippen LogP contribution in [0.5, 0.6) is 0 Å². The lowest BCUT2D eigenvalue weighted by Gasteiger charge is -2.17. The van der Waals surface area contributed by atoms with Gasteiger partial charge in [-0.15, -0.1) is 10.2 Å². The van der Waals surface area contributed by atoms with Gasteiger partial charge in [-0.25, -0.2) is 4.79 Å². The minimum Gasteiger partial charge on any atom is -0.323 e. The van der Waals surface area contributed by atoms with E-state index in [1.165, 1.54) is 0 Å². The molecule has 1 aromatic carbocycles. The maximum Gasteiger partial charge on any atom is 0.321 e. The number of rotatable bonds is 4. The Bertz CT molecular complexity index is 887. The summed E-state index contributed by atoms with van der Waals surface area (Å²) in [7, 11) is 1.79. The Balaban J connectivity index is 1.48. The SMILES string of the molecule is CN(Cc1ccsc1)C(=O)Nc1cccc(-c2nnc3n2CCC3)c1. The monoisotopic (exact) mass is 353 g/mol. The van der Waals surface area contributed by atoms with Gasteiger partial charge in [-0.1, -0.05) is 12.1 Å². The second-order valence-electron chi connectivity index (χ2n) is 6.19. The summed E-state index contributed by atoms with van der Waals surface area (Å²) in [4.78, 5) is 14.1. The predicted molar refractivity (Wildman–Crippen MR) is 98.6 cm³/mol. The van der Waals surface area contributed by atoms with E-state index in [1.54, 1.807) is 23.3 Å². The Morgan fingerprint density at radius 1 is 1.36 bits per heavy atom. The van der Waals surface area contributed by atoms with E-state index in [-0.39, 0.29) is 6.03 Å². The summed E-state index contributed by atoms with van der Waals surface area (Å²) in [6, 6.07) is 9.67. The molecule has 3 aromatic rings. The molecule has 1 aliphatic rings. The fourth-order valence-corrected chi connectivity index (χ4v) is 3.71. The first-order chi connectivity index (χ1) is 12.2. The highest BCUT2D eigenvalue weighted by atomic mass is 32.1. The van der Waals surface area contributed by atoms with Gasteiger partial charge in [-0.2, -0.15) is 11.3 Å². The van der Waals surface area contributed by atoms with E-state index in [0.717, 1.165) is 47.8 Å². The first-order valence-electron chi connectivity index (χ1n) is 8.26. The molecule has 25 heavy (non-hydrogen) atoms. The van der Waals surface area contributed by atoms with Gasteiger partial charge in [-0.3, -0.25) is 0 Å². The quantitative estimate of drug-likeness (QED) is 0.779. The van der Waals surface area contributed by atoms with Gasteiger partial charge in [-0.05, 0) is 40.9 Å². The number of anilines is 1. The van der Waals surface area contributed by atoms with Crippen molar-refractivity contribution >= 4 is 23.1 Å². The molecule has 0 atom stereocenters. The van der Waals surface area contributed by atoms with Crippen molar-refractivity contribution in [3.05, 3.63) is 52.5 Å². The number of aromatic nitrogens is 3. The number of hydrogen-bond acceptors (Lipinski definition) is 4. The summed E-state index contributed by atoms with van der Waals surface area (Å²) in [6.45, 7) is 1.55. The molecule has 6 nitrogen and oxygen atoms in total. The summed E-state index contributed by atoms with van der Waals surface area (Å²) in [6.07, 6.45) is 2.10. The molecule has 4 rings (SSSR count). The van der Waals surface area contributed by atoms with Crippen LogP contribution in [-0.4, -0.2) is 32.7 Å². The van der Waals surface area contributed by atoms with Gasteiger partial charge in [0, 0.05) is 37.8 Å². The maximum atomic E-state index is 12.4. The number of fused-ring (bicyclic) bond motifs is 1. The minimum atomic E-state index is -0.130. The topological polar surface area (TPSA) is 63.1 Å². The fraction of sp³-hybridized carbons (Fsp3) is 0.278. The third kappa shape index (κ3) is 3.28. The average Bonchev–Trinajstić information content (AvgIpc) is 3.33. The van der Waals surface area contributed by atoms with Crippen LogP contribution in [0.25, 0.3) is 11.4 Å². The summed E-state index contributed by atoms with van der Waals surface area (Å²) >= 11 is 1.63. The number of carbonyl (C=O) groups excluding carboxylic acids is 1. The van der Waals surface area contributed by atoms with Crippen molar-refractivity contribution in [3.63, 3.8) is 0 Å². The summed E-state index contributed by atoms with van der Waals surface area (Å²) in [5.74, 6) is 1.91. The average molecular weight is 353 g/mol. The minimum absolute atomic E-state index is 0.130. The number of aryl methyl sites for hydroxylation is 1. The molecule has 0 spiro atoms. The number of thiophene rings is 1. The molecule has 0 aliphatic carbocycles. The van der Waals surface area contributed by atoms with Gasteiger partial charge in [0.25, 0.3) is 0 Å². The molecule has 0 radical (unpaired) electrons. The van der Waals surface area contributed by atoms with Crippen molar-refractivity contribution in [2.45, 2.75) is 25.9 Å². The third-order valence-electron chi connectivity index (χ3n) is 4.33. The van der Waals surface area contributed by atoms with Crippen LogP contribution in [0.4, 0.5) is 10.5 Å². The molecule has 3 heterocycles. The van der Waals surface area contributed by atoms with E-state index >= 15 is 0 Å². The van der Waals surface area contributed by atoms with Crippen LogP contribution >= 0.6 is 11.3 Å². The molecule has 128 valence electrons. The summed E-state index contributed by atoms with van der Waals surface area (Å²) in [5, 5.41) is 15.6. The number of amides is 2. The zero-order valence-electron chi connectivity index (χ0n) is 14.0. The maximum absolute atomic E-state index is 12.4. The summed E-state index contributed by atoms with van der Waals surface area (Å²) < 4.78 is 2.16. The molecule has 0 fully saturated rings. The highest BCUT2D eigenvalue weighted by molar-refractivity contribution is 7.07. The Labute approximate surface area is 150 Å². The second kappa shape index (κ2) is 6.68. The Kier molecular flexibility index (Phi) is 4.23. The highest BCUT2D eigenvalue weighted by Crippen LogP contribution is 2.25. The number of benzene rings is 1. The van der Waals surface area contributed by atoms with Crippen molar-refractivity contribution in [3.8, 4) is 11.4 Å². The molecule has 0 bridgehead atoms. The van der Waals surface area contributed by atoms with Gasteiger partial charge in [0.2, 0.25) is 0 Å². The molecular weight excluding hydrogens is 334 g/mol. The van der Waals surface area contributed by atoms with E-state index in [0.29, 0.717) is 6.54 Å². The number of urea groups is 1. The fourth-order valence-electron chi connectivity index (χ4n) is 3.05. The summed E-state index contributed by atoms with van der Waals surface area (Å²) in [5.41, 5.74) is 2.87. The van der Waals surface area contributed by atoms with Crippen LogP contribution < -0.4 is 5.32 Å². The van der Waals surface area contributed by atoms with Gasteiger partial charge in [0.1, 0.15) is 5.82 Å². The Morgan fingerprint density at radius 3 is 3.12 bits per heavy atom. The lowest BCUT2D eigenvalue weighted by molar-refractivity contribution is 0.221. The first-order valence-corrected chi connectivity index (χ1v) is 9.21. The van der Waals surface area contributed by atoms with Gasteiger partial charge >= 0.3 is 6.03 Å². The van der Waals surface area contributed by atoms with Crippen molar-refractivity contribution in [2.24, 2.45) is 0 Å². The number of carbonyl (C=O) groups is 1. The molecule has 2 amide bonds. The molecule has 1 N–H and O–H groups in total. The van der Waals surface area contributed by atoms with E-state index < -0.39 is 0 Å². The van der Waals surface area contributed by atoms with Crippen LogP contribution in [0.3, 0.4) is 0 Å². The smallest absolute Gasteiger partial charge is 0.321 e. The normalized spacial score (nSPS) is 12.8. The van der Waals surface area contributed by atoms with E-state index in [4.69, 9.17) is 0 Å². The third-order valence-corrected chi connectivity index (χ3v) is 5.06. The molecule has 0 saturated heterocycles. The van der Waals surface area contributed by atoms with Crippen molar-refractivity contribution in [1.82, 2.24) is 19.7 Å². The van der Waals surface area contributed by atoms with Crippen LogP contribution in [0.2, 0.25) is 0 Å². The second-order valence-corrected chi connectivity index (χ2v) is 6.97. The lowest BCUT2D eigenvalue weighted by Crippen LogP contribution is -2.30. The van der Waals surface area contributed by atoms with Crippen molar-refractivity contribution < 1.29 is 4.79 Å². The van der Waals surface area contributed by atoms with E-state index in [2.05, 4.69) is 25.5 Å². The zero-order chi connectivity index (χ0) is 17.2. The number of nitrogens with zero attached hydrogens (tertiary/aromatic N) is 4. The molecule has 2 aromatic heterocycles. The lowest BCUT2D eigenvalue weighted by atomic mass is 10.2. The van der Waals surface area contributed by atoms with E-state index in [9.17, 15) is 4.79 Å². The standard InChI is InChI=1S/C18H19N5OS/c1-22(11-13-7-9-25-12-13)18(24)19-15-5-2-4-14(10-15)17-21-20-16-6-3-8-23(16)17/h2,4-5,7,9-10,12H,3,6,8,11H2,1H3,(H,19,24). The first kappa shape index (κ1) is 15.8. The molecule has 0 saturated carbocycles. The van der Waals surface area contributed by atoms with Crippen LogP contribution in [0.1, 0.15) is 17.8 Å². The molecule has 0 unspecified atom stereocenters.